The second-order valence-electron chi connectivity index (χ2n) is 7.13. The van der Waals surface area contributed by atoms with E-state index in [0.717, 1.165) is 18.7 Å². The smallest absolute Gasteiger partial charge is 0.204 e. The number of nitrogens with zero attached hydrogens (tertiary/aromatic N) is 1. The van der Waals surface area contributed by atoms with Gasteiger partial charge in [-0.3, -0.25) is 9.59 Å². The van der Waals surface area contributed by atoms with Crippen molar-refractivity contribution < 1.29 is 23.8 Å². The summed E-state index contributed by atoms with van der Waals surface area (Å²) in [6, 6.07) is 10.5. The third-order valence-electron chi connectivity index (χ3n) is 5.29. The zero-order valence-corrected chi connectivity index (χ0v) is 17.4. The number of rotatable bonds is 9. The molecular weight excluding hydrogens is 370 g/mol. The average Bonchev–Trinajstić information content (AvgIpc) is 3.05. The molecule has 0 saturated carbocycles. The van der Waals surface area contributed by atoms with Crippen molar-refractivity contribution in [3.05, 3.63) is 53.1 Å². The molecule has 6 heteroatoms. The molecule has 0 aliphatic heterocycles. The van der Waals surface area contributed by atoms with E-state index >= 15 is 0 Å². The van der Waals surface area contributed by atoms with E-state index in [9.17, 15) is 9.59 Å². The lowest BCUT2D eigenvalue weighted by Crippen LogP contribution is -2.23. The summed E-state index contributed by atoms with van der Waals surface area (Å²) in [6.07, 6.45) is 0.352. The maximum Gasteiger partial charge on any atom is 0.204 e. The van der Waals surface area contributed by atoms with Crippen molar-refractivity contribution in [2.24, 2.45) is 0 Å². The molecule has 1 unspecified atom stereocenters. The molecule has 0 bridgehead atoms. The number of ether oxygens (including phenoxy) is 3. The van der Waals surface area contributed by atoms with Crippen LogP contribution >= 0.6 is 0 Å². The van der Waals surface area contributed by atoms with Crippen molar-refractivity contribution in [2.75, 3.05) is 34.4 Å². The SMILES string of the molecule is CCN(C)CCC(=O)c1ccc(OC2Cc3cc(OC)c(OC)cc3C2=O)cc1. The number of Topliss-reactive ketones (excluding diaryl/α,β-unsaturated/α-hetero) is 2. The van der Waals surface area contributed by atoms with Crippen LogP contribution < -0.4 is 14.2 Å². The van der Waals surface area contributed by atoms with Crippen LogP contribution in [0.15, 0.2) is 36.4 Å². The van der Waals surface area contributed by atoms with Crippen LogP contribution in [0.5, 0.6) is 17.2 Å². The number of ketones is 2. The summed E-state index contributed by atoms with van der Waals surface area (Å²) in [5.41, 5.74) is 2.13. The first-order chi connectivity index (χ1) is 14.0. The molecule has 1 aliphatic carbocycles. The second kappa shape index (κ2) is 9.09. The highest BCUT2D eigenvalue weighted by atomic mass is 16.5. The Morgan fingerprint density at radius 1 is 1.10 bits per heavy atom. The van der Waals surface area contributed by atoms with Crippen molar-refractivity contribution in [1.82, 2.24) is 4.90 Å². The zero-order chi connectivity index (χ0) is 21.0. The van der Waals surface area contributed by atoms with Gasteiger partial charge in [-0.25, -0.2) is 0 Å². The van der Waals surface area contributed by atoms with Crippen LogP contribution in [0.2, 0.25) is 0 Å². The van der Waals surface area contributed by atoms with Gasteiger partial charge in [-0.2, -0.15) is 0 Å². The Hall–Kier alpha value is -2.86. The minimum absolute atomic E-state index is 0.0799. The molecule has 3 rings (SSSR count). The minimum Gasteiger partial charge on any atom is -0.493 e. The van der Waals surface area contributed by atoms with E-state index in [2.05, 4.69) is 11.8 Å². The maximum atomic E-state index is 12.7. The van der Waals surface area contributed by atoms with Crippen molar-refractivity contribution >= 4 is 11.6 Å². The molecule has 0 fully saturated rings. The fourth-order valence-electron chi connectivity index (χ4n) is 3.36. The van der Waals surface area contributed by atoms with Gasteiger partial charge in [0.1, 0.15) is 5.75 Å². The second-order valence-corrected chi connectivity index (χ2v) is 7.13. The van der Waals surface area contributed by atoms with Gasteiger partial charge in [-0.15, -0.1) is 0 Å². The van der Waals surface area contributed by atoms with Gasteiger partial charge < -0.3 is 19.1 Å². The van der Waals surface area contributed by atoms with E-state index in [-0.39, 0.29) is 11.6 Å². The topological polar surface area (TPSA) is 65.1 Å². The molecule has 2 aromatic rings. The summed E-state index contributed by atoms with van der Waals surface area (Å²) >= 11 is 0. The van der Waals surface area contributed by atoms with Crippen LogP contribution in [-0.4, -0.2) is 56.9 Å². The maximum absolute atomic E-state index is 12.7. The minimum atomic E-state index is -0.596. The standard InChI is InChI=1S/C23H27NO5/c1-5-24(2)11-10-19(25)15-6-8-17(9-7-15)29-22-13-16-12-20(27-3)21(28-4)14-18(16)23(22)26/h6-9,12,14,22H,5,10-11,13H2,1-4H3. The molecule has 1 atom stereocenters. The first-order valence-corrected chi connectivity index (χ1v) is 9.74. The van der Waals surface area contributed by atoms with Crippen LogP contribution in [0.25, 0.3) is 0 Å². The molecule has 0 saturated heterocycles. The van der Waals surface area contributed by atoms with Crippen LogP contribution in [0.1, 0.15) is 39.6 Å². The van der Waals surface area contributed by atoms with Crippen molar-refractivity contribution in [3.63, 3.8) is 0 Å². The number of fused-ring (bicyclic) bond motifs is 1. The molecule has 0 amide bonds. The molecule has 0 heterocycles. The molecular formula is C23H27NO5. The quantitative estimate of drug-likeness (QED) is 0.604. The van der Waals surface area contributed by atoms with E-state index in [0.29, 0.717) is 41.2 Å². The van der Waals surface area contributed by atoms with Gasteiger partial charge in [0.15, 0.2) is 23.4 Å². The number of carbonyl (C=O) groups excluding carboxylic acids is 2. The van der Waals surface area contributed by atoms with Gasteiger partial charge in [0, 0.05) is 30.5 Å². The van der Waals surface area contributed by atoms with Gasteiger partial charge in [0.25, 0.3) is 0 Å². The Kier molecular flexibility index (Phi) is 6.54. The normalized spacial score (nSPS) is 15.3. The van der Waals surface area contributed by atoms with E-state index < -0.39 is 6.10 Å². The largest absolute Gasteiger partial charge is 0.493 e. The number of hydrogen-bond donors (Lipinski definition) is 0. The Morgan fingerprint density at radius 2 is 1.76 bits per heavy atom. The van der Waals surface area contributed by atoms with Gasteiger partial charge >= 0.3 is 0 Å². The predicted octanol–water partition coefficient (Wildman–Crippen LogP) is 3.41. The van der Waals surface area contributed by atoms with Crippen molar-refractivity contribution in [3.8, 4) is 17.2 Å². The van der Waals surface area contributed by atoms with Crippen LogP contribution in [0.3, 0.4) is 0 Å². The van der Waals surface area contributed by atoms with Crippen molar-refractivity contribution in [2.45, 2.75) is 25.9 Å². The molecule has 29 heavy (non-hydrogen) atoms. The number of carbonyl (C=O) groups is 2. The monoisotopic (exact) mass is 397 g/mol. The average molecular weight is 397 g/mol. The highest BCUT2D eigenvalue weighted by Crippen LogP contribution is 2.35. The van der Waals surface area contributed by atoms with Crippen molar-refractivity contribution in [1.29, 1.82) is 0 Å². The predicted molar refractivity (Wildman–Crippen MR) is 111 cm³/mol. The highest BCUT2D eigenvalue weighted by Gasteiger charge is 2.33. The van der Waals surface area contributed by atoms with Crippen LogP contribution in [0.4, 0.5) is 0 Å². The summed E-state index contributed by atoms with van der Waals surface area (Å²) in [7, 11) is 5.10. The molecule has 1 aliphatic rings. The summed E-state index contributed by atoms with van der Waals surface area (Å²) in [5, 5.41) is 0. The molecule has 0 radical (unpaired) electrons. The third-order valence-corrected chi connectivity index (χ3v) is 5.29. The number of methoxy groups -OCH3 is 2. The summed E-state index contributed by atoms with van der Waals surface area (Å²) in [4.78, 5) is 27.1. The Labute approximate surface area is 171 Å². The lowest BCUT2D eigenvalue weighted by Gasteiger charge is -2.14. The molecule has 0 aromatic heterocycles. The van der Waals surface area contributed by atoms with Crippen LogP contribution in [-0.2, 0) is 6.42 Å². The summed E-state index contributed by atoms with van der Waals surface area (Å²) in [5.74, 6) is 1.70. The van der Waals surface area contributed by atoms with Gasteiger partial charge in [0.05, 0.1) is 14.2 Å². The van der Waals surface area contributed by atoms with Gasteiger partial charge in [-0.1, -0.05) is 6.92 Å². The molecule has 0 N–H and O–H groups in total. The number of benzene rings is 2. The highest BCUT2D eigenvalue weighted by molar-refractivity contribution is 6.04. The van der Waals surface area contributed by atoms with E-state index in [4.69, 9.17) is 14.2 Å². The molecule has 0 spiro atoms. The fourth-order valence-corrected chi connectivity index (χ4v) is 3.36. The first kappa shape index (κ1) is 20.9. The Bertz CT molecular complexity index is 891. The van der Waals surface area contributed by atoms with E-state index in [1.165, 1.54) is 0 Å². The Balaban J connectivity index is 1.66. The van der Waals surface area contributed by atoms with E-state index in [1.807, 2.05) is 13.1 Å². The summed E-state index contributed by atoms with van der Waals surface area (Å²) < 4.78 is 16.5. The molecule has 154 valence electrons. The molecule has 2 aromatic carbocycles. The zero-order valence-electron chi connectivity index (χ0n) is 17.4. The fraction of sp³-hybridized carbons (Fsp3) is 0.391. The third kappa shape index (κ3) is 4.59. The van der Waals surface area contributed by atoms with E-state index in [1.54, 1.807) is 44.6 Å². The van der Waals surface area contributed by atoms with Gasteiger partial charge in [0.2, 0.25) is 5.78 Å². The summed E-state index contributed by atoms with van der Waals surface area (Å²) in [6.45, 7) is 3.70. The lowest BCUT2D eigenvalue weighted by atomic mass is 10.1. The molecule has 6 nitrogen and oxygen atoms in total. The van der Waals surface area contributed by atoms with Gasteiger partial charge in [-0.05, 0) is 55.6 Å². The lowest BCUT2D eigenvalue weighted by molar-refractivity contribution is 0.0820. The number of hydrogen-bond acceptors (Lipinski definition) is 6. The Morgan fingerprint density at radius 3 is 2.38 bits per heavy atom. The van der Waals surface area contributed by atoms with Crippen LogP contribution in [0, 0.1) is 0 Å². The first-order valence-electron chi connectivity index (χ1n) is 9.74.